The molecule has 0 bridgehead atoms. The molecule has 1 aromatic carbocycles. The van der Waals surface area contributed by atoms with Gasteiger partial charge in [0, 0.05) is 22.8 Å². The van der Waals surface area contributed by atoms with Crippen molar-refractivity contribution in [1.29, 1.82) is 0 Å². The number of nitrogens with zero attached hydrogens (tertiary/aromatic N) is 2. The molecule has 2 aliphatic rings. The highest BCUT2D eigenvalue weighted by atomic mass is 79.9. The summed E-state index contributed by atoms with van der Waals surface area (Å²) in [6, 6.07) is 7.26. The molecule has 0 saturated carbocycles. The van der Waals surface area contributed by atoms with Gasteiger partial charge >= 0.3 is 6.18 Å². The van der Waals surface area contributed by atoms with Gasteiger partial charge in [-0.15, -0.1) is 0 Å². The van der Waals surface area contributed by atoms with Gasteiger partial charge < -0.3 is 4.90 Å². The van der Waals surface area contributed by atoms with Crippen LogP contribution in [0.5, 0.6) is 0 Å². The van der Waals surface area contributed by atoms with Gasteiger partial charge in [-0.2, -0.15) is 13.2 Å². The van der Waals surface area contributed by atoms with Crippen molar-refractivity contribution in [3.63, 3.8) is 0 Å². The zero-order valence-corrected chi connectivity index (χ0v) is 12.3. The lowest BCUT2D eigenvalue weighted by Gasteiger charge is -2.28. The Morgan fingerprint density at radius 2 is 2.00 bits per heavy atom. The molecule has 0 atom stereocenters. The maximum Gasteiger partial charge on any atom is 0.419 e. The standard InChI is InChI=1S/C14H11BrF3N3/c15-10-4-1-3-9(7-10)12-8-20-6-2-5-11(14(16,17)18)13(20)21(12)19/h1-5,7-8H,6,19H2. The average molecular weight is 358 g/mol. The van der Waals surface area contributed by atoms with Crippen LogP contribution in [0.2, 0.25) is 0 Å². The minimum atomic E-state index is -4.44. The van der Waals surface area contributed by atoms with Crippen LogP contribution in [0.4, 0.5) is 13.2 Å². The molecule has 0 unspecified atom stereocenters. The lowest BCUT2D eigenvalue weighted by molar-refractivity contribution is -0.0914. The number of benzene rings is 1. The van der Waals surface area contributed by atoms with Gasteiger partial charge in [0.15, 0.2) is 0 Å². The molecule has 2 heterocycles. The van der Waals surface area contributed by atoms with E-state index >= 15 is 0 Å². The molecule has 0 spiro atoms. The average Bonchev–Trinajstić information content (AvgIpc) is 2.75. The largest absolute Gasteiger partial charge is 0.419 e. The number of halogens is 4. The predicted octanol–water partition coefficient (Wildman–Crippen LogP) is 3.58. The van der Waals surface area contributed by atoms with E-state index in [0.717, 1.165) is 21.1 Å². The second-order valence-electron chi connectivity index (χ2n) is 4.68. The zero-order chi connectivity index (χ0) is 15.2. The molecule has 0 saturated heterocycles. The van der Waals surface area contributed by atoms with Crippen LogP contribution >= 0.6 is 15.9 Å². The highest BCUT2D eigenvalue weighted by Gasteiger charge is 2.41. The molecular formula is C14H11BrF3N3. The quantitative estimate of drug-likeness (QED) is 0.779. The Hall–Kier alpha value is -1.73. The van der Waals surface area contributed by atoms with Crippen LogP contribution in [0.15, 0.2) is 58.5 Å². The monoisotopic (exact) mass is 357 g/mol. The Bertz CT molecular complexity index is 676. The minimum Gasteiger partial charge on any atom is -0.327 e. The summed E-state index contributed by atoms with van der Waals surface area (Å²) in [5.74, 6) is 5.88. The first-order valence-corrected chi connectivity index (χ1v) is 6.94. The van der Waals surface area contributed by atoms with Gasteiger partial charge in [0.2, 0.25) is 0 Å². The number of rotatable bonds is 1. The molecule has 0 fully saturated rings. The van der Waals surface area contributed by atoms with E-state index in [4.69, 9.17) is 5.84 Å². The van der Waals surface area contributed by atoms with Crippen molar-refractivity contribution in [2.75, 3.05) is 6.54 Å². The van der Waals surface area contributed by atoms with Crippen LogP contribution in [0.3, 0.4) is 0 Å². The van der Waals surface area contributed by atoms with Gasteiger partial charge in [0.05, 0.1) is 11.3 Å². The van der Waals surface area contributed by atoms with Crippen LogP contribution in [0.25, 0.3) is 5.70 Å². The molecular weight excluding hydrogens is 347 g/mol. The van der Waals surface area contributed by atoms with Gasteiger partial charge in [-0.25, -0.2) is 5.84 Å². The molecule has 0 radical (unpaired) electrons. The highest BCUT2D eigenvalue weighted by molar-refractivity contribution is 9.10. The molecule has 0 aromatic heterocycles. The fraction of sp³-hybridized carbons (Fsp3) is 0.143. The van der Waals surface area contributed by atoms with Crippen LogP contribution in [-0.4, -0.2) is 22.6 Å². The maximum atomic E-state index is 13.1. The molecule has 110 valence electrons. The lowest BCUT2D eigenvalue weighted by Crippen LogP contribution is -2.35. The van der Waals surface area contributed by atoms with Crippen LogP contribution in [0, 0.1) is 0 Å². The zero-order valence-electron chi connectivity index (χ0n) is 10.7. The number of hydrazine groups is 1. The van der Waals surface area contributed by atoms with E-state index in [1.807, 2.05) is 18.2 Å². The normalized spacial score (nSPS) is 18.2. The summed E-state index contributed by atoms with van der Waals surface area (Å²) in [5, 5.41) is 1.09. The Morgan fingerprint density at radius 1 is 1.24 bits per heavy atom. The minimum absolute atomic E-state index is 0.0417. The first kappa shape index (κ1) is 14.2. The van der Waals surface area contributed by atoms with Gasteiger partial charge in [-0.05, 0) is 18.2 Å². The van der Waals surface area contributed by atoms with E-state index in [2.05, 4.69) is 15.9 Å². The van der Waals surface area contributed by atoms with Crippen molar-refractivity contribution in [1.82, 2.24) is 9.91 Å². The van der Waals surface area contributed by atoms with E-state index in [1.165, 1.54) is 11.0 Å². The Morgan fingerprint density at radius 3 is 2.67 bits per heavy atom. The smallest absolute Gasteiger partial charge is 0.327 e. The van der Waals surface area contributed by atoms with Crippen molar-refractivity contribution in [3.05, 3.63) is 64.0 Å². The number of allylic oxidation sites excluding steroid dienone is 2. The fourth-order valence-electron chi connectivity index (χ4n) is 2.39. The van der Waals surface area contributed by atoms with Crippen LogP contribution in [0.1, 0.15) is 5.56 Å². The summed E-state index contributed by atoms with van der Waals surface area (Å²) in [7, 11) is 0. The van der Waals surface area contributed by atoms with Crippen molar-refractivity contribution in [2.45, 2.75) is 6.18 Å². The molecule has 3 nitrogen and oxygen atoms in total. The van der Waals surface area contributed by atoms with Gasteiger partial charge in [0.25, 0.3) is 0 Å². The number of alkyl halides is 3. The van der Waals surface area contributed by atoms with Gasteiger partial charge in [0.1, 0.15) is 5.82 Å². The molecule has 1 aromatic rings. The van der Waals surface area contributed by atoms with E-state index in [-0.39, 0.29) is 5.82 Å². The second-order valence-corrected chi connectivity index (χ2v) is 5.60. The summed E-state index contributed by atoms with van der Waals surface area (Å²) >= 11 is 3.34. The first-order valence-electron chi connectivity index (χ1n) is 6.15. The number of hydrogen-bond donors (Lipinski definition) is 1. The summed E-state index contributed by atoms with van der Waals surface area (Å²) in [6.45, 7) is 0.361. The molecule has 7 heteroatoms. The van der Waals surface area contributed by atoms with E-state index in [9.17, 15) is 13.2 Å². The van der Waals surface area contributed by atoms with E-state index in [0.29, 0.717) is 12.2 Å². The van der Waals surface area contributed by atoms with Crippen LogP contribution in [-0.2, 0) is 0 Å². The summed E-state index contributed by atoms with van der Waals surface area (Å²) in [6.07, 6.45) is -0.265. The van der Waals surface area contributed by atoms with Gasteiger partial charge in [-0.3, -0.25) is 5.01 Å². The summed E-state index contributed by atoms with van der Waals surface area (Å²) in [4.78, 5) is 1.50. The molecule has 2 N–H and O–H groups in total. The molecule has 0 aliphatic carbocycles. The predicted molar refractivity (Wildman–Crippen MR) is 77.1 cm³/mol. The van der Waals surface area contributed by atoms with Crippen molar-refractivity contribution < 1.29 is 13.2 Å². The number of nitrogens with two attached hydrogens (primary N) is 1. The van der Waals surface area contributed by atoms with Crippen molar-refractivity contribution in [3.8, 4) is 0 Å². The number of fused-ring (bicyclic) bond motifs is 1. The Balaban J connectivity index is 2.06. The van der Waals surface area contributed by atoms with Crippen molar-refractivity contribution in [2.24, 2.45) is 5.84 Å². The Labute approximate surface area is 127 Å². The maximum absolute atomic E-state index is 13.1. The molecule has 21 heavy (non-hydrogen) atoms. The Kier molecular flexibility index (Phi) is 3.33. The second kappa shape index (κ2) is 4.92. The third kappa shape index (κ3) is 2.47. The third-order valence-electron chi connectivity index (χ3n) is 3.29. The van der Waals surface area contributed by atoms with Crippen LogP contribution < -0.4 is 5.84 Å². The third-order valence-corrected chi connectivity index (χ3v) is 3.78. The molecule has 2 aliphatic heterocycles. The summed E-state index contributed by atoms with van der Waals surface area (Å²) in [5.41, 5.74) is 0.532. The fourth-order valence-corrected chi connectivity index (χ4v) is 2.79. The summed E-state index contributed by atoms with van der Waals surface area (Å²) < 4.78 is 40.1. The molecule has 0 amide bonds. The van der Waals surface area contributed by atoms with E-state index < -0.39 is 11.7 Å². The van der Waals surface area contributed by atoms with Crippen molar-refractivity contribution >= 4 is 21.6 Å². The van der Waals surface area contributed by atoms with E-state index in [1.54, 1.807) is 12.3 Å². The number of hydrogen-bond acceptors (Lipinski definition) is 3. The first-order chi connectivity index (χ1) is 9.88. The topological polar surface area (TPSA) is 32.5 Å². The highest BCUT2D eigenvalue weighted by Crippen LogP contribution is 2.39. The lowest BCUT2D eigenvalue weighted by atomic mass is 10.1. The SMILES string of the molecule is NN1C(c2cccc(Br)c2)=CN2CC=CC(C(F)(F)F)=C21. The molecule has 3 rings (SSSR count). The van der Waals surface area contributed by atoms with Gasteiger partial charge in [-0.1, -0.05) is 34.1 Å².